The van der Waals surface area contributed by atoms with Crippen LogP contribution in [-0.4, -0.2) is 35.3 Å². The molecule has 1 fully saturated rings. The molecule has 3 rings (SSSR count). The van der Waals surface area contributed by atoms with Gasteiger partial charge in [0, 0.05) is 19.0 Å². The first-order valence-electron chi connectivity index (χ1n) is 7.57. The Morgan fingerprint density at radius 2 is 2.48 bits per heavy atom. The summed E-state index contributed by atoms with van der Waals surface area (Å²) >= 11 is 1.51. The molecule has 1 atom stereocenters. The third kappa shape index (κ3) is 3.11. The zero-order chi connectivity index (χ0) is 14.8. The van der Waals surface area contributed by atoms with Gasteiger partial charge in [-0.15, -0.1) is 11.3 Å². The van der Waals surface area contributed by atoms with Crippen molar-refractivity contribution < 1.29 is 4.79 Å². The summed E-state index contributed by atoms with van der Waals surface area (Å²) < 4.78 is 1.85. The Morgan fingerprint density at radius 1 is 1.62 bits per heavy atom. The summed E-state index contributed by atoms with van der Waals surface area (Å²) in [6.45, 7) is 4.96. The second kappa shape index (κ2) is 6.15. The normalized spacial score (nSPS) is 19.0. The van der Waals surface area contributed by atoms with Gasteiger partial charge in [-0.25, -0.2) is 0 Å². The van der Waals surface area contributed by atoms with Crippen LogP contribution in [0.2, 0.25) is 0 Å². The Hall–Kier alpha value is -1.40. The number of carbonyl (C=O) groups is 1. The van der Waals surface area contributed by atoms with Gasteiger partial charge in [-0.2, -0.15) is 5.10 Å². The van der Waals surface area contributed by atoms with Crippen LogP contribution in [0.25, 0.3) is 10.2 Å². The number of aromatic nitrogens is 2. The van der Waals surface area contributed by atoms with Crippen LogP contribution in [-0.2, 0) is 7.05 Å². The molecule has 0 aliphatic carbocycles. The lowest BCUT2D eigenvalue weighted by molar-refractivity contribution is 0.0955. The predicted octanol–water partition coefficient (Wildman–Crippen LogP) is 2.06. The third-order valence-corrected chi connectivity index (χ3v) is 5.36. The molecule has 1 aliphatic rings. The fourth-order valence-electron chi connectivity index (χ4n) is 2.96. The van der Waals surface area contributed by atoms with E-state index >= 15 is 0 Å². The molecule has 2 N–H and O–H groups in total. The van der Waals surface area contributed by atoms with Crippen molar-refractivity contribution in [1.82, 2.24) is 20.4 Å². The number of fused-ring (bicyclic) bond motifs is 1. The number of amides is 1. The number of nitrogens with zero attached hydrogens (tertiary/aromatic N) is 2. The van der Waals surface area contributed by atoms with Crippen molar-refractivity contribution in [2.45, 2.75) is 26.2 Å². The summed E-state index contributed by atoms with van der Waals surface area (Å²) in [5.41, 5.74) is 0.982. The molecule has 2 aromatic rings. The highest BCUT2D eigenvalue weighted by Crippen LogP contribution is 2.27. The molecular weight excluding hydrogens is 284 g/mol. The fourth-order valence-corrected chi connectivity index (χ4v) is 4.00. The van der Waals surface area contributed by atoms with E-state index < -0.39 is 0 Å². The molecule has 2 aromatic heterocycles. The van der Waals surface area contributed by atoms with E-state index in [2.05, 4.69) is 15.7 Å². The number of nitrogens with one attached hydrogen (secondary N) is 2. The number of piperidine rings is 1. The lowest BCUT2D eigenvalue weighted by Crippen LogP contribution is -2.33. The van der Waals surface area contributed by atoms with E-state index in [-0.39, 0.29) is 5.91 Å². The zero-order valence-electron chi connectivity index (χ0n) is 12.6. The standard InChI is InChI=1S/C15H22N4OS/c1-10-12-8-13(21-15(12)19(2)18-10)14(20)17-7-5-11-4-3-6-16-9-11/h8,11,16H,3-7,9H2,1-2H3,(H,17,20). The molecule has 21 heavy (non-hydrogen) atoms. The van der Waals surface area contributed by atoms with Crippen LogP contribution in [0.1, 0.15) is 34.6 Å². The number of hydrogen-bond donors (Lipinski definition) is 2. The second-order valence-corrected chi connectivity index (χ2v) is 6.83. The lowest BCUT2D eigenvalue weighted by Gasteiger charge is -2.22. The molecule has 1 amide bonds. The van der Waals surface area contributed by atoms with Crippen LogP contribution in [0.5, 0.6) is 0 Å². The van der Waals surface area contributed by atoms with E-state index in [0.717, 1.165) is 46.8 Å². The third-order valence-electron chi connectivity index (χ3n) is 4.16. The number of rotatable bonds is 4. The number of carbonyl (C=O) groups excluding carboxylic acids is 1. The Kier molecular flexibility index (Phi) is 4.26. The summed E-state index contributed by atoms with van der Waals surface area (Å²) in [5.74, 6) is 0.743. The SMILES string of the molecule is Cc1nn(C)c2sc(C(=O)NCCC3CCCNC3)cc12. The van der Waals surface area contributed by atoms with Gasteiger partial charge >= 0.3 is 0 Å². The average Bonchev–Trinajstić information content (AvgIpc) is 3.03. The lowest BCUT2D eigenvalue weighted by atomic mass is 9.96. The van der Waals surface area contributed by atoms with Crippen LogP contribution >= 0.6 is 11.3 Å². The predicted molar refractivity (Wildman–Crippen MR) is 85.9 cm³/mol. The molecule has 6 heteroatoms. The smallest absolute Gasteiger partial charge is 0.261 e. The van der Waals surface area contributed by atoms with E-state index in [1.165, 1.54) is 24.2 Å². The molecule has 5 nitrogen and oxygen atoms in total. The molecule has 1 unspecified atom stereocenters. The van der Waals surface area contributed by atoms with Crippen LogP contribution in [0.15, 0.2) is 6.07 Å². The molecule has 1 saturated heterocycles. The number of thiophene rings is 1. The van der Waals surface area contributed by atoms with Crippen LogP contribution in [0.3, 0.4) is 0 Å². The minimum absolute atomic E-state index is 0.0411. The molecule has 1 aliphatic heterocycles. The Bertz CT molecular complexity index is 605. The Morgan fingerprint density at radius 3 is 3.19 bits per heavy atom. The quantitative estimate of drug-likeness (QED) is 0.909. The van der Waals surface area contributed by atoms with E-state index in [9.17, 15) is 4.79 Å². The molecule has 114 valence electrons. The molecule has 0 bridgehead atoms. The van der Waals surface area contributed by atoms with Gasteiger partial charge in [0.25, 0.3) is 5.91 Å². The first kappa shape index (κ1) is 14.5. The summed E-state index contributed by atoms with van der Waals surface area (Å²) in [4.78, 5) is 14.1. The molecule has 0 radical (unpaired) electrons. The number of hydrogen-bond acceptors (Lipinski definition) is 4. The monoisotopic (exact) mass is 306 g/mol. The maximum absolute atomic E-state index is 12.2. The van der Waals surface area contributed by atoms with Gasteiger partial charge < -0.3 is 10.6 Å². The van der Waals surface area contributed by atoms with Gasteiger partial charge in [0.15, 0.2) is 0 Å². The van der Waals surface area contributed by atoms with Gasteiger partial charge in [0.2, 0.25) is 0 Å². The summed E-state index contributed by atoms with van der Waals surface area (Å²) in [6.07, 6.45) is 3.59. The fraction of sp³-hybridized carbons (Fsp3) is 0.600. The Labute approximate surface area is 128 Å². The van der Waals surface area contributed by atoms with Crippen molar-refractivity contribution in [2.75, 3.05) is 19.6 Å². The van der Waals surface area contributed by atoms with Crippen molar-refractivity contribution in [1.29, 1.82) is 0 Å². The Balaban J connectivity index is 1.57. The minimum Gasteiger partial charge on any atom is -0.351 e. The van der Waals surface area contributed by atoms with Gasteiger partial charge in [-0.05, 0) is 51.3 Å². The molecule has 0 spiro atoms. The van der Waals surface area contributed by atoms with Crippen LogP contribution < -0.4 is 10.6 Å². The highest BCUT2D eigenvalue weighted by atomic mass is 32.1. The van der Waals surface area contributed by atoms with E-state index in [1.807, 2.05) is 24.7 Å². The van der Waals surface area contributed by atoms with Gasteiger partial charge in [0.05, 0.1) is 10.6 Å². The molecular formula is C15H22N4OS. The van der Waals surface area contributed by atoms with Crippen LogP contribution in [0, 0.1) is 12.8 Å². The van der Waals surface area contributed by atoms with E-state index in [0.29, 0.717) is 5.92 Å². The van der Waals surface area contributed by atoms with E-state index in [4.69, 9.17) is 0 Å². The second-order valence-electron chi connectivity index (χ2n) is 5.80. The van der Waals surface area contributed by atoms with Crippen molar-refractivity contribution in [3.05, 3.63) is 16.6 Å². The summed E-state index contributed by atoms with van der Waals surface area (Å²) in [6, 6.07) is 1.96. The van der Waals surface area contributed by atoms with Gasteiger partial charge in [-0.3, -0.25) is 9.48 Å². The van der Waals surface area contributed by atoms with Gasteiger partial charge in [-0.1, -0.05) is 0 Å². The molecule has 0 saturated carbocycles. The molecule has 0 aromatic carbocycles. The first-order chi connectivity index (χ1) is 10.1. The van der Waals surface area contributed by atoms with Crippen molar-refractivity contribution in [3.8, 4) is 0 Å². The summed E-state index contributed by atoms with van der Waals surface area (Å²) in [5, 5.41) is 11.9. The minimum atomic E-state index is 0.0411. The van der Waals surface area contributed by atoms with Crippen molar-refractivity contribution in [2.24, 2.45) is 13.0 Å². The maximum atomic E-state index is 12.2. The highest BCUT2D eigenvalue weighted by Gasteiger charge is 2.16. The van der Waals surface area contributed by atoms with Crippen molar-refractivity contribution in [3.63, 3.8) is 0 Å². The van der Waals surface area contributed by atoms with Crippen LogP contribution in [0.4, 0.5) is 0 Å². The van der Waals surface area contributed by atoms with E-state index in [1.54, 1.807) is 0 Å². The zero-order valence-corrected chi connectivity index (χ0v) is 13.4. The average molecular weight is 306 g/mol. The molecule has 3 heterocycles. The summed E-state index contributed by atoms with van der Waals surface area (Å²) in [7, 11) is 1.92. The highest BCUT2D eigenvalue weighted by molar-refractivity contribution is 7.20. The topological polar surface area (TPSA) is 59.0 Å². The first-order valence-corrected chi connectivity index (χ1v) is 8.39. The largest absolute Gasteiger partial charge is 0.351 e. The maximum Gasteiger partial charge on any atom is 0.261 e. The van der Waals surface area contributed by atoms with Crippen molar-refractivity contribution >= 4 is 27.5 Å². The van der Waals surface area contributed by atoms with Gasteiger partial charge in [0.1, 0.15) is 4.83 Å². The number of aryl methyl sites for hydroxylation is 2.